The Labute approximate surface area is 128 Å². The van der Waals surface area contributed by atoms with Crippen molar-refractivity contribution in [2.45, 2.75) is 6.42 Å². The number of benzene rings is 1. The van der Waals surface area contributed by atoms with E-state index in [0.717, 1.165) is 11.3 Å². The van der Waals surface area contributed by atoms with Gasteiger partial charge in [-0.2, -0.15) is 0 Å². The number of nitrogens with one attached hydrogen (secondary N) is 1. The van der Waals surface area contributed by atoms with Gasteiger partial charge < -0.3 is 5.32 Å². The molecule has 4 nitrogen and oxygen atoms in total. The summed E-state index contributed by atoms with van der Waals surface area (Å²) in [6, 6.07) is 12.4. The van der Waals surface area contributed by atoms with Crippen molar-refractivity contribution in [1.29, 1.82) is 0 Å². The number of halogens is 1. The standard InChI is InChI=1S/C17H15FN4/c18-15-4-2-1-3-13(15)7-11-20-17-21-12-8-16(22-17)14-5-9-19-10-6-14/h1-6,8-10,12H,7,11H2,(H,20,21,22). The zero-order valence-corrected chi connectivity index (χ0v) is 11.9. The molecule has 3 rings (SSSR count). The van der Waals surface area contributed by atoms with Crippen molar-refractivity contribution in [2.75, 3.05) is 11.9 Å². The summed E-state index contributed by atoms with van der Waals surface area (Å²) in [5.41, 5.74) is 2.49. The SMILES string of the molecule is Fc1ccccc1CCNc1nccc(-c2ccncc2)n1. The van der Waals surface area contributed by atoms with Crippen molar-refractivity contribution in [3.05, 3.63) is 72.4 Å². The minimum Gasteiger partial charge on any atom is -0.354 e. The Morgan fingerprint density at radius 3 is 2.59 bits per heavy atom. The highest BCUT2D eigenvalue weighted by molar-refractivity contribution is 5.58. The topological polar surface area (TPSA) is 50.7 Å². The largest absolute Gasteiger partial charge is 0.354 e. The van der Waals surface area contributed by atoms with Gasteiger partial charge in [0.1, 0.15) is 5.82 Å². The third-order valence-electron chi connectivity index (χ3n) is 3.27. The molecule has 0 unspecified atom stereocenters. The van der Waals surface area contributed by atoms with E-state index in [4.69, 9.17) is 0 Å². The van der Waals surface area contributed by atoms with Gasteiger partial charge >= 0.3 is 0 Å². The van der Waals surface area contributed by atoms with E-state index in [1.165, 1.54) is 6.07 Å². The van der Waals surface area contributed by atoms with Crippen LogP contribution in [-0.4, -0.2) is 21.5 Å². The number of aromatic nitrogens is 3. The molecule has 3 aromatic rings. The Bertz CT molecular complexity index is 746. The van der Waals surface area contributed by atoms with Crippen LogP contribution in [0.4, 0.5) is 10.3 Å². The van der Waals surface area contributed by atoms with Crippen molar-refractivity contribution < 1.29 is 4.39 Å². The van der Waals surface area contributed by atoms with Crippen LogP contribution in [0.5, 0.6) is 0 Å². The number of anilines is 1. The molecule has 0 radical (unpaired) electrons. The molecule has 0 aliphatic carbocycles. The monoisotopic (exact) mass is 294 g/mol. The lowest BCUT2D eigenvalue weighted by atomic mass is 10.1. The van der Waals surface area contributed by atoms with Crippen LogP contribution >= 0.6 is 0 Å². The van der Waals surface area contributed by atoms with Crippen molar-refractivity contribution in [1.82, 2.24) is 15.0 Å². The Hall–Kier alpha value is -2.82. The van der Waals surface area contributed by atoms with Crippen molar-refractivity contribution in [2.24, 2.45) is 0 Å². The highest BCUT2D eigenvalue weighted by Gasteiger charge is 2.03. The van der Waals surface area contributed by atoms with Crippen LogP contribution in [0.15, 0.2) is 61.1 Å². The van der Waals surface area contributed by atoms with Gasteiger partial charge in [-0.3, -0.25) is 4.98 Å². The van der Waals surface area contributed by atoms with Crippen molar-refractivity contribution in [3.63, 3.8) is 0 Å². The van der Waals surface area contributed by atoms with E-state index < -0.39 is 0 Å². The van der Waals surface area contributed by atoms with Gasteiger partial charge in [0.2, 0.25) is 5.95 Å². The average Bonchev–Trinajstić information content (AvgIpc) is 2.58. The lowest BCUT2D eigenvalue weighted by Crippen LogP contribution is -2.09. The number of pyridine rings is 1. The molecule has 0 amide bonds. The van der Waals surface area contributed by atoms with E-state index in [1.807, 2.05) is 24.3 Å². The van der Waals surface area contributed by atoms with Crippen molar-refractivity contribution >= 4 is 5.95 Å². The fraction of sp³-hybridized carbons (Fsp3) is 0.118. The average molecular weight is 294 g/mol. The van der Waals surface area contributed by atoms with Gasteiger partial charge in [0.15, 0.2) is 0 Å². The summed E-state index contributed by atoms with van der Waals surface area (Å²) in [7, 11) is 0. The Morgan fingerprint density at radius 2 is 1.77 bits per heavy atom. The maximum Gasteiger partial charge on any atom is 0.223 e. The summed E-state index contributed by atoms with van der Waals surface area (Å²) < 4.78 is 13.5. The second-order valence-electron chi connectivity index (χ2n) is 4.77. The summed E-state index contributed by atoms with van der Waals surface area (Å²) in [4.78, 5) is 12.6. The van der Waals surface area contributed by atoms with Gasteiger partial charge in [0.25, 0.3) is 0 Å². The maximum absolute atomic E-state index is 13.5. The molecule has 0 saturated heterocycles. The molecule has 0 aliphatic rings. The summed E-state index contributed by atoms with van der Waals surface area (Å²) in [5, 5.41) is 3.13. The molecule has 0 bridgehead atoms. The Morgan fingerprint density at radius 1 is 0.955 bits per heavy atom. The third-order valence-corrected chi connectivity index (χ3v) is 3.27. The highest BCUT2D eigenvalue weighted by atomic mass is 19.1. The fourth-order valence-corrected chi connectivity index (χ4v) is 2.14. The van der Waals surface area contributed by atoms with Gasteiger partial charge in [0.05, 0.1) is 5.69 Å². The predicted molar refractivity (Wildman–Crippen MR) is 83.9 cm³/mol. The summed E-state index contributed by atoms with van der Waals surface area (Å²) >= 11 is 0. The van der Waals surface area contributed by atoms with Crippen LogP contribution < -0.4 is 5.32 Å². The Balaban J connectivity index is 1.65. The van der Waals surface area contributed by atoms with Gasteiger partial charge in [-0.05, 0) is 36.2 Å². The molecule has 0 spiro atoms. The van der Waals surface area contributed by atoms with Crippen LogP contribution in [0.3, 0.4) is 0 Å². The molecular weight excluding hydrogens is 279 g/mol. The van der Waals surface area contributed by atoms with Crippen LogP contribution in [0, 0.1) is 5.82 Å². The molecule has 0 atom stereocenters. The minimum absolute atomic E-state index is 0.184. The fourth-order valence-electron chi connectivity index (χ4n) is 2.14. The van der Waals surface area contributed by atoms with E-state index in [9.17, 15) is 4.39 Å². The smallest absolute Gasteiger partial charge is 0.223 e. The molecule has 2 heterocycles. The first kappa shape index (κ1) is 14.1. The number of hydrogen-bond donors (Lipinski definition) is 1. The number of nitrogens with zero attached hydrogens (tertiary/aromatic N) is 3. The van der Waals surface area contributed by atoms with Crippen LogP contribution in [0.25, 0.3) is 11.3 Å². The first-order valence-electron chi connectivity index (χ1n) is 7.03. The first-order chi connectivity index (χ1) is 10.8. The highest BCUT2D eigenvalue weighted by Crippen LogP contribution is 2.16. The molecule has 0 saturated carbocycles. The van der Waals surface area contributed by atoms with Gasteiger partial charge in [0, 0.05) is 30.7 Å². The molecule has 1 aromatic carbocycles. The predicted octanol–water partition coefficient (Wildman–Crippen LogP) is 3.33. The molecule has 22 heavy (non-hydrogen) atoms. The summed E-state index contributed by atoms with van der Waals surface area (Å²) in [6.07, 6.45) is 5.73. The third kappa shape index (κ3) is 3.44. The maximum atomic E-state index is 13.5. The van der Waals surface area contributed by atoms with E-state index in [0.29, 0.717) is 24.5 Å². The molecule has 1 N–H and O–H groups in total. The van der Waals surface area contributed by atoms with Crippen molar-refractivity contribution in [3.8, 4) is 11.3 Å². The van der Waals surface area contributed by atoms with Crippen LogP contribution in [0.1, 0.15) is 5.56 Å². The van der Waals surface area contributed by atoms with E-state index in [1.54, 1.807) is 30.7 Å². The minimum atomic E-state index is -0.184. The molecule has 110 valence electrons. The number of rotatable bonds is 5. The van der Waals surface area contributed by atoms with Crippen LogP contribution in [0.2, 0.25) is 0 Å². The first-order valence-corrected chi connectivity index (χ1v) is 7.03. The quantitative estimate of drug-likeness (QED) is 0.784. The van der Waals surface area contributed by atoms with Gasteiger partial charge in [-0.25, -0.2) is 14.4 Å². The Kier molecular flexibility index (Phi) is 4.34. The van der Waals surface area contributed by atoms with E-state index in [2.05, 4.69) is 20.3 Å². The molecule has 0 aliphatic heterocycles. The lowest BCUT2D eigenvalue weighted by Gasteiger charge is -2.07. The molecule has 2 aromatic heterocycles. The van der Waals surface area contributed by atoms with E-state index >= 15 is 0 Å². The zero-order chi connectivity index (χ0) is 15.2. The lowest BCUT2D eigenvalue weighted by molar-refractivity contribution is 0.610. The molecule has 0 fully saturated rings. The number of hydrogen-bond acceptors (Lipinski definition) is 4. The zero-order valence-electron chi connectivity index (χ0n) is 11.9. The van der Waals surface area contributed by atoms with Crippen LogP contribution in [-0.2, 0) is 6.42 Å². The normalized spacial score (nSPS) is 10.4. The summed E-state index contributed by atoms with van der Waals surface area (Å²) in [5.74, 6) is 0.349. The van der Waals surface area contributed by atoms with Gasteiger partial charge in [-0.15, -0.1) is 0 Å². The molecule has 5 heteroatoms. The van der Waals surface area contributed by atoms with Gasteiger partial charge in [-0.1, -0.05) is 18.2 Å². The second kappa shape index (κ2) is 6.76. The molecular formula is C17H15FN4. The van der Waals surface area contributed by atoms with E-state index in [-0.39, 0.29) is 5.82 Å². The second-order valence-corrected chi connectivity index (χ2v) is 4.77. The summed E-state index contributed by atoms with van der Waals surface area (Å²) in [6.45, 7) is 0.570.